The number of hydrogen-bond acceptors (Lipinski definition) is 1. The van der Waals surface area contributed by atoms with Crippen molar-refractivity contribution in [1.82, 2.24) is 0 Å². The second-order valence-corrected chi connectivity index (χ2v) is 3.24. The maximum atomic E-state index is 5.77. The number of terminal acetylenes is 1. The highest BCUT2D eigenvalue weighted by molar-refractivity contribution is 6.17. The predicted octanol–water partition coefficient (Wildman–Crippen LogP) is 3.18. The van der Waals surface area contributed by atoms with Gasteiger partial charge in [-0.05, 0) is 17.7 Å². The van der Waals surface area contributed by atoms with Gasteiger partial charge in [-0.15, -0.1) is 29.6 Å². The van der Waals surface area contributed by atoms with Gasteiger partial charge in [0.2, 0.25) is 0 Å². The zero-order valence-electron chi connectivity index (χ0n) is 7.59. The van der Waals surface area contributed by atoms with Gasteiger partial charge >= 0.3 is 0 Å². The standard InChI is InChI=1S/C11H10Cl2O/c1-2-5-14-11-4-3-9(7-12)6-10(11)8-13/h1,3-4,6H,5,7-8H2. The molecule has 1 aromatic rings. The summed E-state index contributed by atoms with van der Waals surface area (Å²) in [6, 6.07) is 5.66. The van der Waals surface area contributed by atoms with Crippen molar-refractivity contribution < 1.29 is 4.74 Å². The van der Waals surface area contributed by atoms with Gasteiger partial charge in [0.25, 0.3) is 0 Å². The summed E-state index contributed by atoms with van der Waals surface area (Å²) in [4.78, 5) is 0. The van der Waals surface area contributed by atoms with Gasteiger partial charge in [0.15, 0.2) is 0 Å². The Bertz CT molecular complexity index is 342. The molecule has 1 aromatic carbocycles. The number of ether oxygens (including phenoxy) is 1. The van der Waals surface area contributed by atoms with Crippen LogP contribution in [0.15, 0.2) is 18.2 Å². The molecule has 0 aromatic heterocycles. The fourth-order valence-corrected chi connectivity index (χ4v) is 1.46. The van der Waals surface area contributed by atoms with Crippen LogP contribution in [0.5, 0.6) is 5.75 Å². The first-order chi connectivity index (χ1) is 6.81. The Morgan fingerprint density at radius 1 is 1.29 bits per heavy atom. The Balaban J connectivity index is 2.88. The van der Waals surface area contributed by atoms with Crippen LogP contribution in [0.2, 0.25) is 0 Å². The lowest BCUT2D eigenvalue weighted by molar-refractivity contribution is 0.367. The third-order valence-corrected chi connectivity index (χ3v) is 2.33. The Morgan fingerprint density at radius 2 is 2.07 bits per heavy atom. The van der Waals surface area contributed by atoms with Gasteiger partial charge in [-0.2, -0.15) is 0 Å². The summed E-state index contributed by atoms with van der Waals surface area (Å²) in [5.41, 5.74) is 1.94. The normalized spacial score (nSPS) is 9.50. The van der Waals surface area contributed by atoms with Crippen LogP contribution in [0.3, 0.4) is 0 Å². The molecule has 14 heavy (non-hydrogen) atoms. The minimum atomic E-state index is 0.254. The minimum Gasteiger partial charge on any atom is -0.481 e. The van der Waals surface area contributed by atoms with Crippen LogP contribution in [0.1, 0.15) is 11.1 Å². The zero-order valence-corrected chi connectivity index (χ0v) is 9.11. The van der Waals surface area contributed by atoms with Crippen LogP contribution in [0.4, 0.5) is 0 Å². The Labute approximate surface area is 94.0 Å². The summed E-state index contributed by atoms with van der Waals surface area (Å²) in [7, 11) is 0. The van der Waals surface area contributed by atoms with Gasteiger partial charge in [0.05, 0.1) is 5.88 Å². The monoisotopic (exact) mass is 228 g/mol. The average molecular weight is 229 g/mol. The molecule has 0 aliphatic carbocycles. The summed E-state index contributed by atoms with van der Waals surface area (Å²) in [6.07, 6.45) is 5.09. The molecule has 0 amide bonds. The van der Waals surface area contributed by atoms with Gasteiger partial charge in [-0.25, -0.2) is 0 Å². The molecule has 1 rings (SSSR count). The SMILES string of the molecule is C#CCOc1ccc(CCl)cc1CCl. The Hall–Kier alpha value is -0.840. The maximum Gasteiger partial charge on any atom is 0.148 e. The van der Waals surface area contributed by atoms with Crippen molar-refractivity contribution in [3.8, 4) is 18.1 Å². The predicted molar refractivity (Wildman–Crippen MR) is 59.9 cm³/mol. The molecule has 0 saturated carbocycles. The molecule has 0 N–H and O–H groups in total. The maximum absolute atomic E-state index is 5.77. The van der Waals surface area contributed by atoms with Crippen molar-refractivity contribution in [3.05, 3.63) is 29.3 Å². The minimum absolute atomic E-state index is 0.254. The van der Waals surface area contributed by atoms with Crippen molar-refractivity contribution in [1.29, 1.82) is 0 Å². The van der Waals surface area contributed by atoms with E-state index in [0.717, 1.165) is 16.9 Å². The molecule has 0 radical (unpaired) electrons. The molecule has 74 valence electrons. The number of alkyl halides is 2. The van der Waals surface area contributed by atoms with Crippen LogP contribution in [0.25, 0.3) is 0 Å². The number of hydrogen-bond donors (Lipinski definition) is 0. The second kappa shape index (κ2) is 5.80. The average Bonchev–Trinajstić information content (AvgIpc) is 2.26. The van der Waals surface area contributed by atoms with Crippen molar-refractivity contribution >= 4 is 23.2 Å². The lowest BCUT2D eigenvalue weighted by Gasteiger charge is -2.08. The van der Waals surface area contributed by atoms with Gasteiger partial charge in [-0.1, -0.05) is 12.0 Å². The molecule has 0 bridgehead atoms. The van der Waals surface area contributed by atoms with E-state index < -0.39 is 0 Å². The molecule has 0 aliphatic heterocycles. The van der Waals surface area contributed by atoms with Crippen molar-refractivity contribution in [2.45, 2.75) is 11.8 Å². The van der Waals surface area contributed by atoms with E-state index in [2.05, 4.69) is 5.92 Å². The summed E-state index contributed by atoms with van der Waals surface area (Å²) < 4.78 is 5.31. The van der Waals surface area contributed by atoms with Crippen molar-refractivity contribution in [2.75, 3.05) is 6.61 Å². The number of halogens is 2. The summed E-state index contributed by atoms with van der Waals surface area (Å²) in [5.74, 6) is 4.00. The van der Waals surface area contributed by atoms with Gasteiger partial charge in [0, 0.05) is 11.4 Å². The molecule has 0 spiro atoms. The third kappa shape index (κ3) is 2.83. The summed E-state index contributed by atoms with van der Waals surface area (Å²) in [5, 5.41) is 0. The molecule has 0 heterocycles. The van der Waals surface area contributed by atoms with E-state index in [4.69, 9.17) is 34.4 Å². The highest BCUT2D eigenvalue weighted by Crippen LogP contribution is 2.22. The highest BCUT2D eigenvalue weighted by atomic mass is 35.5. The molecule has 0 unspecified atom stereocenters. The fraction of sp³-hybridized carbons (Fsp3) is 0.273. The number of benzene rings is 1. The van der Waals surface area contributed by atoms with Crippen LogP contribution in [-0.2, 0) is 11.8 Å². The van der Waals surface area contributed by atoms with Crippen LogP contribution in [0, 0.1) is 12.3 Å². The first-order valence-corrected chi connectivity index (χ1v) is 5.18. The van der Waals surface area contributed by atoms with E-state index in [0.29, 0.717) is 11.8 Å². The zero-order chi connectivity index (χ0) is 10.4. The Kier molecular flexibility index (Phi) is 4.65. The van der Waals surface area contributed by atoms with Gasteiger partial charge in [-0.3, -0.25) is 0 Å². The lowest BCUT2D eigenvalue weighted by atomic mass is 10.1. The molecule has 0 atom stereocenters. The molecule has 1 nitrogen and oxygen atoms in total. The fourth-order valence-electron chi connectivity index (χ4n) is 1.08. The first-order valence-electron chi connectivity index (χ1n) is 4.11. The largest absolute Gasteiger partial charge is 0.481 e. The van der Waals surface area contributed by atoms with E-state index in [1.807, 2.05) is 18.2 Å². The van der Waals surface area contributed by atoms with E-state index in [1.165, 1.54) is 0 Å². The first kappa shape index (κ1) is 11.2. The van der Waals surface area contributed by atoms with Crippen molar-refractivity contribution in [2.24, 2.45) is 0 Å². The number of rotatable bonds is 4. The van der Waals surface area contributed by atoms with E-state index >= 15 is 0 Å². The second-order valence-electron chi connectivity index (χ2n) is 2.70. The molecular formula is C11H10Cl2O. The molecule has 3 heteroatoms. The van der Waals surface area contributed by atoms with E-state index in [1.54, 1.807) is 0 Å². The molecule has 0 fully saturated rings. The lowest BCUT2D eigenvalue weighted by Crippen LogP contribution is -1.97. The van der Waals surface area contributed by atoms with Gasteiger partial charge < -0.3 is 4.74 Å². The van der Waals surface area contributed by atoms with Gasteiger partial charge in [0.1, 0.15) is 12.4 Å². The quantitative estimate of drug-likeness (QED) is 0.569. The van der Waals surface area contributed by atoms with E-state index in [-0.39, 0.29) is 6.61 Å². The topological polar surface area (TPSA) is 9.23 Å². The highest BCUT2D eigenvalue weighted by Gasteiger charge is 2.03. The van der Waals surface area contributed by atoms with Crippen LogP contribution >= 0.6 is 23.2 Å². The third-order valence-electron chi connectivity index (χ3n) is 1.73. The summed E-state index contributed by atoms with van der Waals surface area (Å²) in [6.45, 7) is 0.254. The van der Waals surface area contributed by atoms with E-state index in [9.17, 15) is 0 Å². The smallest absolute Gasteiger partial charge is 0.148 e. The van der Waals surface area contributed by atoms with Crippen LogP contribution in [-0.4, -0.2) is 6.61 Å². The van der Waals surface area contributed by atoms with Crippen molar-refractivity contribution in [3.63, 3.8) is 0 Å². The molecule has 0 aliphatic rings. The molecular weight excluding hydrogens is 219 g/mol. The Morgan fingerprint density at radius 3 is 2.64 bits per heavy atom. The van der Waals surface area contributed by atoms with Crippen LogP contribution < -0.4 is 4.74 Å². The summed E-state index contributed by atoms with van der Waals surface area (Å²) >= 11 is 11.5. The molecule has 0 saturated heterocycles.